The van der Waals surface area contributed by atoms with E-state index in [1.807, 2.05) is 0 Å². The molecular formula is C11H19N. The van der Waals surface area contributed by atoms with E-state index in [4.69, 9.17) is 0 Å². The molecule has 2 aliphatic carbocycles. The highest BCUT2D eigenvalue weighted by atomic mass is 15.0. The summed E-state index contributed by atoms with van der Waals surface area (Å²) in [6.45, 7) is 6.13. The van der Waals surface area contributed by atoms with E-state index in [0.717, 1.165) is 35.6 Å². The van der Waals surface area contributed by atoms with Crippen LogP contribution in [-0.4, -0.2) is 12.6 Å². The Balaban J connectivity index is 1.90. The van der Waals surface area contributed by atoms with E-state index in [9.17, 15) is 0 Å². The summed E-state index contributed by atoms with van der Waals surface area (Å²) in [6, 6.07) is 0.911. The lowest BCUT2D eigenvalue weighted by Crippen LogP contribution is -2.36. The van der Waals surface area contributed by atoms with Crippen molar-refractivity contribution in [1.82, 2.24) is 5.32 Å². The topological polar surface area (TPSA) is 12.0 Å². The predicted octanol–water partition coefficient (Wildman–Crippen LogP) is 1.89. The van der Waals surface area contributed by atoms with E-state index in [1.165, 1.54) is 13.0 Å². The molecule has 3 rings (SSSR count). The number of hydrogen-bond acceptors (Lipinski definition) is 1. The van der Waals surface area contributed by atoms with Gasteiger partial charge in [-0.25, -0.2) is 0 Å². The highest BCUT2D eigenvalue weighted by Gasteiger charge is 2.56. The van der Waals surface area contributed by atoms with Gasteiger partial charge in [0.1, 0.15) is 0 Å². The van der Waals surface area contributed by atoms with Crippen molar-refractivity contribution in [1.29, 1.82) is 0 Å². The van der Waals surface area contributed by atoms with E-state index in [2.05, 4.69) is 19.2 Å². The number of rotatable bonds is 1. The van der Waals surface area contributed by atoms with E-state index < -0.39 is 0 Å². The van der Waals surface area contributed by atoms with Gasteiger partial charge in [0, 0.05) is 6.04 Å². The molecule has 12 heavy (non-hydrogen) atoms. The Kier molecular flexibility index (Phi) is 1.39. The first-order valence-corrected chi connectivity index (χ1v) is 5.50. The third-order valence-corrected chi connectivity index (χ3v) is 4.59. The molecule has 0 aromatic rings. The van der Waals surface area contributed by atoms with Crippen molar-refractivity contribution in [2.75, 3.05) is 6.54 Å². The Morgan fingerprint density at radius 1 is 1.17 bits per heavy atom. The van der Waals surface area contributed by atoms with Gasteiger partial charge < -0.3 is 5.32 Å². The molecular weight excluding hydrogens is 146 g/mol. The zero-order valence-corrected chi connectivity index (χ0v) is 8.09. The third kappa shape index (κ3) is 0.736. The lowest BCUT2D eigenvalue weighted by atomic mass is 9.76. The second-order valence-corrected chi connectivity index (χ2v) is 5.41. The van der Waals surface area contributed by atoms with Gasteiger partial charge in [0.2, 0.25) is 0 Å². The molecule has 5 unspecified atom stereocenters. The van der Waals surface area contributed by atoms with Crippen LogP contribution >= 0.6 is 0 Å². The van der Waals surface area contributed by atoms with Crippen molar-refractivity contribution in [3.05, 3.63) is 0 Å². The van der Waals surface area contributed by atoms with E-state index in [1.54, 1.807) is 6.42 Å². The van der Waals surface area contributed by atoms with Gasteiger partial charge in [-0.2, -0.15) is 0 Å². The smallest absolute Gasteiger partial charge is 0.0132 e. The van der Waals surface area contributed by atoms with Crippen LogP contribution in [0, 0.1) is 29.6 Å². The first-order valence-electron chi connectivity index (χ1n) is 5.50. The van der Waals surface area contributed by atoms with Crippen LogP contribution in [0.3, 0.4) is 0 Å². The van der Waals surface area contributed by atoms with Crippen molar-refractivity contribution in [2.24, 2.45) is 29.6 Å². The van der Waals surface area contributed by atoms with Gasteiger partial charge >= 0.3 is 0 Å². The minimum atomic E-state index is 0.900. The molecule has 1 heteroatoms. The summed E-state index contributed by atoms with van der Waals surface area (Å²) in [6.07, 6.45) is 3.09. The zero-order chi connectivity index (χ0) is 8.29. The van der Waals surface area contributed by atoms with Crippen molar-refractivity contribution in [3.63, 3.8) is 0 Å². The van der Waals surface area contributed by atoms with Gasteiger partial charge in [-0.1, -0.05) is 13.8 Å². The Bertz CT molecular complexity index is 197. The molecule has 1 N–H and O–H groups in total. The van der Waals surface area contributed by atoms with Gasteiger partial charge in [-0.3, -0.25) is 0 Å². The van der Waals surface area contributed by atoms with Crippen molar-refractivity contribution < 1.29 is 0 Å². The van der Waals surface area contributed by atoms with E-state index in [0.29, 0.717) is 0 Å². The van der Waals surface area contributed by atoms with Crippen LogP contribution in [0.1, 0.15) is 26.7 Å². The molecule has 3 aliphatic rings. The lowest BCUT2D eigenvalue weighted by Gasteiger charge is -2.30. The minimum Gasteiger partial charge on any atom is -0.313 e. The van der Waals surface area contributed by atoms with Gasteiger partial charge in [0.15, 0.2) is 0 Å². The molecule has 1 nitrogen and oxygen atoms in total. The molecule has 1 aliphatic heterocycles. The highest BCUT2D eigenvalue weighted by molar-refractivity contribution is 5.09. The molecule has 68 valence electrons. The number of fused-ring (bicyclic) bond motifs is 1. The number of nitrogens with one attached hydrogen (secondary N) is 1. The summed E-state index contributed by atoms with van der Waals surface area (Å²) < 4.78 is 0. The maximum Gasteiger partial charge on any atom is 0.0132 e. The number of hydrogen-bond donors (Lipinski definition) is 1. The average molecular weight is 165 g/mol. The SMILES string of the molecule is CC(C)C1C2CC3CNC1C3C2. The van der Waals surface area contributed by atoms with Crippen LogP contribution in [0.2, 0.25) is 0 Å². The second-order valence-electron chi connectivity index (χ2n) is 5.41. The van der Waals surface area contributed by atoms with Gasteiger partial charge in [0.25, 0.3) is 0 Å². The fourth-order valence-corrected chi connectivity index (χ4v) is 4.30. The Hall–Kier alpha value is -0.0400. The minimum absolute atomic E-state index is 0.900. The van der Waals surface area contributed by atoms with Crippen LogP contribution in [0.5, 0.6) is 0 Å². The van der Waals surface area contributed by atoms with Crippen molar-refractivity contribution in [2.45, 2.75) is 32.7 Å². The molecule has 1 heterocycles. The highest BCUT2D eigenvalue weighted by Crippen LogP contribution is 2.56. The maximum atomic E-state index is 3.74. The normalized spacial score (nSPS) is 55.8. The van der Waals surface area contributed by atoms with E-state index >= 15 is 0 Å². The second kappa shape index (κ2) is 2.25. The monoisotopic (exact) mass is 165 g/mol. The average Bonchev–Trinajstić information content (AvgIpc) is 2.54. The zero-order valence-electron chi connectivity index (χ0n) is 8.09. The summed E-state index contributed by atoms with van der Waals surface area (Å²) in [5, 5.41) is 3.74. The summed E-state index contributed by atoms with van der Waals surface area (Å²) in [7, 11) is 0. The van der Waals surface area contributed by atoms with Gasteiger partial charge in [-0.15, -0.1) is 0 Å². The maximum absolute atomic E-state index is 3.74. The standard InChI is InChI=1S/C11H19N/c1-6(2)10-7-3-8-5-12-11(10)9(8)4-7/h6-12H,3-5H2,1-2H3. The van der Waals surface area contributed by atoms with Gasteiger partial charge in [0.05, 0.1) is 0 Å². The van der Waals surface area contributed by atoms with E-state index in [-0.39, 0.29) is 0 Å². The van der Waals surface area contributed by atoms with Crippen molar-refractivity contribution in [3.8, 4) is 0 Å². The molecule has 0 aromatic carbocycles. The lowest BCUT2D eigenvalue weighted by molar-refractivity contribution is 0.214. The summed E-state index contributed by atoms with van der Waals surface area (Å²) in [5.74, 6) is 5.13. The first-order chi connectivity index (χ1) is 5.77. The molecule has 5 atom stereocenters. The largest absolute Gasteiger partial charge is 0.313 e. The van der Waals surface area contributed by atoms with Crippen LogP contribution < -0.4 is 5.32 Å². The Labute approximate surface area is 74.9 Å². The summed E-state index contributed by atoms with van der Waals surface area (Å²) in [4.78, 5) is 0. The molecule has 2 bridgehead atoms. The summed E-state index contributed by atoms with van der Waals surface area (Å²) in [5.41, 5.74) is 0. The molecule has 3 fully saturated rings. The molecule has 0 aromatic heterocycles. The third-order valence-electron chi connectivity index (χ3n) is 4.59. The quantitative estimate of drug-likeness (QED) is 0.625. The molecule has 1 saturated heterocycles. The van der Waals surface area contributed by atoms with Crippen LogP contribution in [0.15, 0.2) is 0 Å². The Morgan fingerprint density at radius 2 is 2.00 bits per heavy atom. The summed E-state index contributed by atoms with van der Waals surface area (Å²) >= 11 is 0. The van der Waals surface area contributed by atoms with Crippen molar-refractivity contribution >= 4 is 0 Å². The van der Waals surface area contributed by atoms with Gasteiger partial charge in [-0.05, 0) is 49.0 Å². The van der Waals surface area contributed by atoms with Crippen LogP contribution in [0.4, 0.5) is 0 Å². The molecule has 2 saturated carbocycles. The first kappa shape index (κ1) is 7.37. The Morgan fingerprint density at radius 3 is 2.75 bits per heavy atom. The fourth-order valence-electron chi connectivity index (χ4n) is 4.30. The molecule has 0 amide bonds. The van der Waals surface area contributed by atoms with Crippen LogP contribution in [-0.2, 0) is 0 Å². The van der Waals surface area contributed by atoms with Crippen LogP contribution in [0.25, 0.3) is 0 Å². The molecule has 0 spiro atoms. The molecule has 0 radical (unpaired) electrons. The fraction of sp³-hybridized carbons (Fsp3) is 1.00. The predicted molar refractivity (Wildman–Crippen MR) is 49.8 cm³/mol.